The molecule has 0 aliphatic heterocycles. The van der Waals surface area contributed by atoms with E-state index in [9.17, 15) is 0 Å². The van der Waals surface area contributed by atoms with E-state index < -0.39 is 0 Å². The summed E-state index contributed by atoms with van der Waals surface area (Å²) in [6.45, 7) is 10.0. The molecule has 1 aromatic carbocycles. The Morgan fingerprint density at radius 2 is 2.11 bits per heavy atom. The number of aromatic nitrogens is 2. The first kappa shape index (κ1) is 13.7. The van der Waals surface area contributed by atoms with Crippen LogP contribution in [0, 0.1) is 6.92 Å². The van der Waals surface area contributed by atoms with E-state index in [1.54, 1.807) is 0 Å². The number of rotatable bonds is 5. The molecule has 0 N–H and O–H groups in total. The van der Waals surface area contributed by atoms with Crippen LogP contribution in [0.1, 0.15) is 43.4 Å². The fourth-order valence-electron chi connectivity index (χ4n) is 1.95. The molecular formula is C16H22N2O. The Hall–Kier alpha value is -1.77. The average molecular weight is 258 g/mol. The largest absolute Gasteiger partial charge is 0.489 e. The number of hydrogen-bond donors (Lipinski definition) is 0. The third-order valence-electron chi connectivity index (χ3n) is 3.28. The molecule has 2 rings (SSSR count). The van der Waals surface area contributed by atoms with Crippen molar-refractivity contribution < 1.29 is 4.74 Å². The Balaban J connectivity index is 2.08. The van der Waals surface area contributed by atoms with Gasteiger partial charge < -0.3 is 4.74 Å². The van der Waals surface area contributed by atoms with E-state index in [0.717, 1.165) is 17.9 Å². The third kappa shape index (κ3) is 3.37. The van der Waals surface area contributed by atoms with Crippen LogP contribution in [-0.4, -0.2) is 9.78 Å². The van der Waals surface area contributed by atoms with Crippen LogP contribution in [-0.2, 0) is 13.2 Å². The molecule has 0 amide bonds. The molecule has 0 atom stereocenters. The number of benzene rings is 1. The fraction of sp³-hybridized carbons (Fsp3) is 0.438. The second kappa shape index (κ2) is 5.91. The lowest BCUT2D eigenvalue weighted by molar-refractivity contribution is 0.303. The number of aryl methyl sites for hydroxylation is 2. The van der Waals surface area contributed by atoms with Crippen LogP contribution in [0.15, 0.2) is 30.6 Å². The Labute approximate surface area is 115 Å². The van der Waals surface area contributed by atoms with E-state index in [1.165, 1.54) is 11.1 Å². The van der Waals surface area contributed by atoms with E-state index in [2.05, 4.69) is 51.0 Å². The van der Waals surface area contributed by atoms with Gasteiger partial charge in [-0.1, -0.05) is 26.0 Å². The summed E-state index contributed by atoms with van der Waals surface area (Å²) < 4.78 is 7.83. The topological polar surface area (TPSA) is 27.1 Å². The second-order valence-corrected chi connectivity index (χ2v) is 5.17. The van der Waals surface area contributed by atoms with E-state index >= 15 is 0 Å². The van der Waals surface area contributed by atoms with Gasteiger partial charge in [0.15, 0.2) is 0 Å². The van der Waals surface area contributed by atoms with Gasteiger partial charge in [0.1, 0.15) is 12.4 Å². The first-order valence-corrected chi connectivity index (χ1v) is 6.84. The first-order valence-electron chi connectivity index (χ1n) is 6.84. The number of nitrogens with zero attached hydrogens (tertiary/aromatic N) is 2. The highest BCUT2D eigenvalue weighted by Crippen LogP contribution is 2.24. The minimum Gasteiger partial charge on any atom is -0.489 e. The van der Waals surface area contributed by atoms with E-state index in [0.29, 0.717) is 12.5 Å². The molecule has 0 saturated carbocycles. The molecule has 0 radical (unpaired) electrons. The molecule has 0 aliphatic carbocycles. The quantitative estimate of drug-likeness (QED) is 0.813. The van der Waals surface area contributed by atoms with Gasteiger partial charge in [0.05, 0.1) is 6.20 Å². The zero-order chi connectivity index (χ0) is 13.8. The van der Waals surface area contributed by atoms with Gasteiger partial charge in [0, 0.05) is 18.3 Å². The zero-order valence-electron chi connectivity index (χ0n) is 12.2. The highest BCUT2D eigenvalue weighted by atomic mass is 16.5. The summed E-state index contributed by atoms with van der Waals surface area (Å²) >= 11 is 0. The summed E-state index contributed by atoms with van der Waals surface area (Å²) in [7, 11) is 0. The lowest BCUT2D eigenvalue weighted by Crippen LogP contribution is -1.98. The predicted molar refractivity (Wildman–Crippen MR) is 77.5 cm³/mol. The SMILES string of the molecule is CCn1cc(COc2cc(C(C)C)ccc2C)cn1. The van der Waals surface area contributed by atoms with Gasteiger partial charge in [-0.3, -0.25) is 4.68 Å². The van der Waals surface area contributed by atoms with Gasteiger partial charge in [-0.05, 0) is 37.0 Å². The first-order chi connectivity index (χ1) is 9.10. The van der Waals surface area contributed by atoms with Crippen LogP contribution in [0.2, 0.25) is 0 Å². The fourth-order valence-corrected chi connectivity index (χ4v) is 1.95. The standard InChI is InChI=1S/C16H22N2O/c1-5-18-10-14(9-17-18)11-19-16-8-15(12(2)3)7-6-13(16)4/h6-10,12H,5,11H2,1-4H3. The molecular weight excluding hydrogens is 236 g/mol. The van der Waals surface area contributed by atoms with Gasteiger partial charge in [0.2, 0.25) is 0 Å². The van der Waals surface area contributed by atoms with Crippen molar-refractivity contribution in [1.29, 1.82) is 0 Å². The van der Waals surface area contributed by atoms with Crippen molar-refractivity contribution in [2.75, 3.05) is 0 Å². The zero-order valence-corrected chi connectivity index (χ0v) is 12.2. The maximum absolute atomic E-state index is 5.92. The molecule has 2 aromatic rings. The summed E-state index contributed by atoms with van der Waals surface area (Å²) in [6.07, 6.45) is 3.90. The molecule has 0 fully saturated rings. The van der Waals surface area contributed by atoms with Crippen LogP contribution in [0.25, 0.3) is 0 Å². The van der Waals surface area contributed by atoms with E-state index in [1.807, 2.05) is 17.1 Å². The van der Waals surface area contributed by atoms with Gasteiger partial charge in [-0.2, -0.15) is 5.10 Å². The smallest absolute Gasteiger partial charge is 0.123 e. The van der Waals surface area contributed by atoms with Crippen molar-refractivity contribution in [2.24, 2.45) is 0 Å². The molecule has 0 aliphatic rings. The summed E-state index contributed by atoms with van der Waals surface area (Å²) in [4.78, 5) is 0. The van der Waals surface area contributed by atoms with Crippen molar-refractivity contribution in [3.63, 3.8) is 0 Å². The Bertz CT molecular complexity index is 543. The summed E-state index contributed by atoms with van der Waals surface area (Å²) in [5, 5.41) is 4.25. The van der Waals surface area contributed by atoms with Gasteiger partial charge in [-0.25, -0.2) is 0 Å². The molecule has 0 unspecified atom stereocenters. The number of ether oxygens (including phenoxy) is 1. The van der Waals surface area contributed by atoms with Crippen molar-refractivity contribution in [2.45, 2.75) is 46.8 Å². The van der Waals surface area contributed by atoms with Crippen molar-refractivity contribution in [3.8, 4) is 5.75 Å². The van der Waals surface area contributed by atoms with Crippen molar-refractivity contribution in [3.05, 3.63) is 47.3 Å². The van der Waals surface area contributed by atoms with Crippen LogP contribution in [0.5, 0.6) is 5.75 Å². The lowest BCUT2D eigenvalue weighted by atomic mass is 10.0. The highest BCUT2D eigenvalue weighted by molar-refractivity contribution is 5.37. The van der Waals surface area contributed by atoms with Crippen LogP contribution >= 0.6 is 0 Å². The van der Waals surface area contributed by atoms with Crippen LogP contribution in [0.4, 0.5) is 0 Å². The normalized spacial score (nSPS) is 11.0. The molecule has 0 saturated heterocycles. The van der Waals surface area contributed by atoms with Crippen molar-refractivity contribution in [1.82, 2.24) is 9.78 Å². The molecule has 0 spiro atoms. The van der Waals surface area contributed by atoms with Crippen LogP contribution < -0.4 is 4.74 Å². The average Bonchev–Trinajstić information content (AvgIpc) is 2.85. The summed E-state index contributed by atoms with van der Waals surface area (Å²) in [6, 6.07) is 6.44. The monoisotopic (exact) mass is 258 g/mol. The maximum Gasteiger partial charge on any atom is 0.123 e. The molecule has 1 aromatic heterocycles. The van der Waals surface area contributed by atoms with Crippen LogP contribution in [0.3, 0.4) is 0 Å². The van der Waals surface area contributed by atoms with E-state index in [4.69, 9.17) is 4.74 Å². The summed E-state index contributed by atoms with van der Waals surface area (Å²) in [5.74, 6) is 1.49. The number of hydrogen-bond acceptors (Lipinski definition) is 2. The van der Waals surface area contributed by atoms with Gasteiger partial charge in [-0.15, -0.1) is 0 Å². The molecule has 3 heteroatoms. The second-order valence-electron chi connectivity index (χ2n) is 5.17. The Morgan fingerprint density at radius 3 is 2.74 bits per heavy atom. The summed E-state index contributed by atoms with van der Waals surface area (Å²) in [5.41, 5.74) is 3.59. The van der Waals surface area contributed by atoms with Gasteiger partial charge >= 0.3 is 0 Å². The predicted octanol–water partition coefficient (Wildman–Crippen LogP) is 3.91. The minimum atomic E-state index is 0.519. The molecule has 0 bridgehead atoms. The molecule has 3 nitrogen and oxygen atoms in total. The minimum absolute atomic E-state index is 0.519. The molecule has 102 valence electrons. The van der Waals surface area contributed by atoms with E-state index in [-0.39, 0.29) is 0 Å². The molecule has 19 heavy (non-hydrogen) atoms. The maximum atomic E-state index is 5.92. The Kier molecular flexibility index (Phi) is 4.25. The lowest BCUT2D eigenvalue weighted by Gasteiger charge is -2.12. The highest BCUT2D eigenvalue weighted by Gasteiger charge is 2.06. The van der Waals surface area contributed by atoms with Gasteiger partial charge in [0.25, 0.3) is 0 Å². The Morgan fingerprint density at radius 1 is 1.32 bits per heavy atom. The third-order valence-corrected chi connectivity index (χ3v) is 3.28. The van der Waals surface area contributed by atoms with Crippen molar-refractivity contribution >= 4 is 0 Å². The molecule has 1 heterocycles.